The van der Waals surface area contributed by atoms with Gasteiger partial charge in [0, 0.05) is 5.69 Å². The average Bonchev–Trinajstić information content (AvgIpc) is 2.79. The molecule has 2 heterocycles. The Labute approximate surface area is 125 Å². The van der Waals surface area contributed by atoms with Crippen LogP contribution >= 0.6 is 11.8 Å². The summed E-state index contributed by atoms with van der Waals surface area (Å²) < 4.78 is 0. The second kappa shape index (κ2) is 5.17. The van der Waals surface area contributed by atoms with Crippen LogP contribution in [-0.4, -0.2) is 25.8 Å². The van der Waals surface area contributed by atoms with E-state index in [1.165, 1.54) is 17.3 Å². The Morgan fingerprint density at radius 3 is 2.76 bits per heavy atom. The van der Waals surface area contributed by atoms with E-state index < -0.39 is 0 Å². The van der Waals surface area contributed by atoms with Crippen molar-refractivity contribution >= 4 is 28.6 Å². The van der Waals surface area contributed by atoms with Gasteiger partial charge in [0.05, 0.1) is 11.0 Å². The Hall–Kier alpha value is -2.41. The maximum atomic E-state index is 7.47. The lowest BCUT2D eigenvalue weighted by Crippen LogP contribution is -2.14. The summed E-state index contributed by atoms with van der Waals surface area (Å²) in [5.41, 5.74) is 9.74. The first-order valence-corrected chi connectivity index (χ1v) is 7.17. The number of hydrogen-bond acceptors (Lipinski definition) is 5. The first kappa shape index (κ1) is 13.6. The summed E-state index contributed by atoms with van der Waals surface area (Å²) in [5.74, 6) is -0.0671. The zero-order chi connectivity index (χ0) is 15.0. The SMILES string of the molecule is Cc1ccc2nc(Sc3nc(C)cc(C(=N)N)n3)[nH]c2c1. The average molecular weight is 298 g/mol. The Balaban J connectivity index is 1.96. The first-order valence-electron chi connectivity index (χ1n) is 6.35. The van der Waals surface area contributed by atoms with Crippen molar-refractivity contribution in [3.8, 4) is 0 Å². The molecule has 0 aliphatic rings. The number of hydrogen-bond donors (Lipinski definition) is 3. The van der Waals surface area contributed by atoms with Crippen molar-refractivity contribution in [2.75, 3.05) is 0 Å². The number of amidine groups is 1. The summed E-state index contributed by atoms with van der Waals surface area (Å²) in [6, 6.07) is 7.73. The smallest absolute Gasteiger partial charge is 0.196 e. The summed E-state index contributed by atoms with van der Waals surface area (Å²) in [7, 11) is 0. The lowest BCUT2D eigenvalue weighted by molar-refractivity contribution is 0.913. The first-order chi connectivity index (χ1) is 10.0. The molecule has 7 heteroatoms. The van der Waals surface area contributed by atoms with E-state index in [9.17, 15) is 0 Å². The standard InChI is InChI=1S/C14H14N6S/c1-7-3-4-9-10(5-7)19-14(18-9)21-13-17-8(2)6-11(20-13)12(15)16/h3-6H,1-2H3,(H3,15,16)(H,18,19). The number of nitrogens with zero attached hydrogens (tertiary/aromatic N) is 3. The largest absolute Gasteiger partial charge is 0.382 e. The molecule has 3 aromatic rings. The summed E-state index contributed by atoms with van der Waals surface area (Å²) in [6.45, 7) is 3.88. The van der Waals surface area contributed by atoms with Crippen molar-refractivity contribution in [3.63, 3.8) is 0 Å². The van der Waals surface area contributed by atoms with E-state index in [0.717, 1.165) is 21.9 Å². The van der Waals surface area contributed by atoms with Crippen LogP contribution in [0.2, 0.25) is 0 Å². The minimum atomic E-state index is -0.0671. The van der Waals surface area contributed by atoms with Crippen molar-refractivity contribution in [3.05, 3.63) is 41.2 Å². The molecule has 0 saturated carbocycles. The molecule has 21 heavy (non-hydrogen) atoms. The molecule has 106 valence electrons. The highest BCUT2D eigenvalue weighted by Crippen LogP contribution is 2.25. The summed E-state index contributed by atoms with van der Waals surface area (Å²) in [5, 5.41) is 8.72. The number of aromatic amines is 1. The monoisotopic (exact) mass is 298 g/mol. The number of fused-ring (bicyclic) bond motifs is 1. The number of rotatable bonds is 3. The van der Waals surface area contributed by atoms with Gasteiger partial charge < -0.3 is 10.7 Å². The van der Waals surface area contributed by atoms with Crippen molar-refractivity contribution in [2.45, 2.75) is 24.2 Å². The van der Waals surface area contributed by atoms with E-state index in [4.69, 9.17) is 11.1 Å². The minimum absolute atomic E-state index is 0.0671. The van der Waals surface area contributed by atoms with Crippen LogP contribution in [-0.2, 0) is 0 Å². The van der Waals surface area contributed by atoms with E-state index in [0.29, 0.717) is 10.9 Å². The number of nitrogens with two attached hydrogens (primary N) is 1. The quantitative estimate of drug-likeness (QED) is 0.391. The zero-order valence-electron chi connectivity index (χ0n) is 11.6. The molecule has 0 radical (unpaired) electrons. The second-order valence-corrected chi connectivity index (χ2v) is 5.71. The molecular formula is C14H14N6S. The number of nitrogen functional groups attached to an aromatic ring is 1. The van der Waals surface area contributed by atoms with Crippen molar-refractivity contribution in [1.82, 2.24) is 19.9 Å². The van der Waals surface area contributed by atoms with E-state index >= 15 is 0 Å². The maximum absolute atomic E-state index is 7.47. The molecule has 0 unspecified atom stereocenters. The van der Waals surface area contributed by atoms with Gasteiger partial charge >= 0.3 is 0 Å². The predicted molar refractivity (Wildman–Crippen MR) is 82.7 cm³/mol. The maximum Gasteiger partial charge on any atom is 0.196 e. The van der Waals surface area contributed by atoms with Crippen LogP contribution in [0.5, 0.6) is 0 Å². The van der Waals surface area contributed by atoms with Crippen LogP contribution < -0.4 is 5.73 Å². The third-order valence-corrected chi connectivity index (χ3v) is 3.67. The van der Waals surface area contributed by atoms with Gasteiger partial charge in [0.1, 0.15) is 11.5 Å². The molecule has 2 aromatic heterocycles. The molecule has 0 aliphatic heterocycles. The molecule has 4 N–H and O–H groups in total. The molecule has 0 spiro atoms. The van der Waals surface area contributed by atoms with Crippen LogP contribution in [0.3, 0.4) is 0 Å². The number of benzene rings is 1. The zero-order valence-corrected chi connectivity index (χ0v) is 12.5. The normalized spacial score (nSPS) is 11.0. The molecule has 0 aliphatic carbocycles. The van der Waals surface area contributed by atoms with Crippen LogP contribution in [0.15, 0.2) is 34.6 Å². The lowest BCUT2D eigenvalue weighted by Gasteiger charge is -2.02. The topological polar surface area (TPSA) is 104 Å². The van der Waals surface area contributed by atoms with E-state index in [1.54, 1.807) is 6.07 Å². The number of aromatic nitrogens is 4. The van der Waals surface area contributed by atoms with Gasteiger partial charge in [0.2, 0.25) is 0 Å². The van der Waals surface area contributed by atoms with Crippen LogP contribution in [0.25, 0.3) is 11.0 Å². The van der Waals surface area contributed by atoms with E-state index in [2.05, 4.69) is 19.9 Å². The molecule has 0 atom stereocenters. The van der Waals surface area contributed by atoms with Gasteiger partial charge in [-0.25, -0.2) is 15.0 Å². The summed E-state index contributed by atoms with van der Waals surface area (Å²) in [4.78, 5) is 16.3. The number of aryl methyl sites for hydroxylation is 2. The molecule has 0 saturated heterocycles. The van der Waals surface area contributed by atoms with E-state index in [-0.39, 0.29) is 5.84 Å². The minimum Gasteiger partial charge on any atom is -0.382 e. The third kappa shape index (κ3) is 2.87. The van der Waals surface area contributed by atoms with Gasteiger partial charge in [-0.05, 0) is 49.4 Å². The fourth-order valence-corrected chi connectivity index (χ4v) is 2.77. The highest BCUT2D eigenvalue weighted by atomic mass is 32.2. The second-order valence-electron chi connectivity index (χ2n) is 4.76. The van der Waals surface area contributed by atoms with Crippen LogP contribution in [0.1, 0.15) is 17.0 Å². The molecule has 0 bridgehead atoms. The van der Waals surface area contributed by atoms with Crippen LogP contribution in [0, 0.1) is 19.3 Å². The van der Waals surface area contributed by atoms with Crippen LogP contribution in [0.4, 0.5) is 0 Å². The van der Waals surface area contributed by atoms with Gasteiger partial charge in [0.25, 0.3) is 0 Å². The molecule has 3 rings (SSSR count). The fourth-order valence-electron chi connectivity index (χ4n) is 1.96. The van der Waals surface area contributed by atoms with Crippen molar-refractivity contribution in [2.24, 2.45) is 5.73 Å². The predicted octanol–water partition coefficient (Wildman–Crippen LogP) is 2.41. The summed E-state index contributed by atoms with van der Waals surface area (Å²) >= 11 is 1.32. The molecule has 0 fully saturated rings. The van der Waals surface area contributed by atoms with Gasteiger partial charge in [-0.15, -0.1) is 0 Å². The van der Waals surface area contributed by atoms with Gasteiger partial charge in [0.15, 0.2) is 10.3 Å². The molecule has 6 nitrogen and oxygen atoms in total. The lowest BCUT2D eigenvalue weighted by atomic mass is 10.2. The third-order valence-electron chi connectivity index (χ3n) is 2.91. The van der Waals surface area contributed by atoms with Gasteiger partial charge in [-0.1, -0.05) is 6.07 Å². The number of imidazole rings is 1. The Morgan fingerprint density at radius 2 is 2.00 bits per heavy atom. The molecule has 1 aromatic carbocycles. The Morgan fingerprint density at radius 1 is 1.19 bits per heavy atom. The van der Waals surface area contributed by atoms with Gasteiger partial charge in [-0.3, -0.25) is 5.41 Å². The van der Waals surface area contributed by atoms with Crippen molar-refractivity contribution in [1.29, 1.82) is 5.41 Å². The fraction of sp³-hybridized carbons (Fsp3) is 0.143. The van der Waals surface area contributed by atoms with Crippen molar-refractivity contribution < 1.29 is 0 Å². The number of nitrogens with one attached hydrogen (secondary N) is 2. The highest BCUT2D eigenvalue weighted by molar-refractivity contribution is 7.99. The van der Waals surface area contributed by atoms with E-state index in [1.807, 2.05) is 32.0 Å². The summed E-state index contributed by atoms with van der Waals surface area (Å²) in [6.07, 6.45) is 0. The highest BCUT2D eigenvalue weighted by Gasteiger charge is 2.10. The molecular weight excluding hydrogens is 284 g/mol. The Kier molecular flexibility index (Phi) is 3.34. The number of H-pyrrole nitrogens is 1. The molecule has 0 amide bonds. The Bertz CT molecular complexity index is 839. The van der Waals surface area contributed by atoms with Gasteiger partial charge in [-0.2, -0.15) is 0 Å².